The van der Waals surface area contributed by atoms with Gasteiger partial charge in [0.15, 0.2) is 0 Å². The van der Waals surface area contributed by atoms with Crippen LogP contribution in [0.2, 0.25) is 0 Å². The van der Waals surface area contributed by atoms with Gasteiger partial charge in [-0.1, -0.05) is 24.3 Å². The summed E-state index contributed by atoms with van der Waals surface area (Å²) in [6.45, 7) is 4.50. The van der Waals surface area contributed by atoms with Crippen LogP contribution in [0.1, 0.15) is 27.0 Å². The molecule has 0 aliphatic carbocycles. The van der Waals surface area contributed by atoms with Crippen molar-refractivity contribution in [2.75, 3.05) is 11.3 Å². The van der Waals surface area contributed by atoms with Crippen molar-refractivity contribution in [3.8, 4) is 22.9 Å². The number of nitrogens with zero attached hydrogens (tertiary/aromatic N) is 4. The number of ether oxygens (including phenoxy) is 1. The van der Waals surface area contributed by atoms with Gasteiger partial charge in [0.2, 0.25) is 11.8 Å². The molecule has 11 heteroatoms. The number of hydrogen-bond donors (Lipinski definition) is 2. The quantitative estimate of drug-likeness (QED) is 0.412. The lowest BCUT2D eigenvalue weighted by Crippen LogP contribution is -2.31. The first-order valence-electron chi connectivity index (χ1n) is 11.3. The minimum Gasteiger partial charge on any atom is -0.439 e. The second-order valence-electron chi connectivity index (χ2n) is 8.56. The molecule has 0 fully saturated rings. The van der Waals surface area contributed by atoms with E-state index in [2.05, 4.69) is 25.1 Å². The van der Waals surface area contributed by atoms with E-state index in [1.807, 2.05) is 38.1 Å². The molecule has 4 aromatic rings. The minimum atomic E-state index is -3.99. The number of hydrogen-bond acceptors (Lipinski definition) is 7. The fraction of sp³-hybridized carbons (Fsp3) is 0.200. The maximum absolute atomic E-state index is 12.9. The molecule has 0 radical (unpaired) electrons. The Morgan fingerprint density at radius 2 is 1.86 bits per heavy atom. The van der Waals surface area contributed by atoms with Gasteiger partial charge in [-0.15, -0.1) is 0 Å². The summed E-state index contributed by atoms with van der Waals surface area (Å²) in [4.78, 5) is 21.1. The summed E-state index contributed by atoms with van der Waals surface area (Å²) in [7, 11) is -2.36. The number of aromatic nitrogens is 4. The van der Waals surface area contributed by atoms with Crippen LogP contribution >= 0.6 is 0 Å². The lowest BCUT2D eigenvalue weighted by molar-refractivity contribution is 0.0945. The molecule has 2 N–H and O–H groups in total. The first-order valence-corrected chi connectivity index (χ1v) is 12.7. The average Bonchev–Trinajstić information content (AvgIpc) is 3.27. The smallest absolute Gasteiger partial charge is 0.267 e. The van der Waals surface area contributed by atoms with Gasteiger partial charge in [0.05, 0.1) is 11.9 Å². The maximum atomic E-state index is 12.9. The second kappa shape index (κ2) is 9.08. The van der Waals surface area contributed by atoms with Crippen LogP contribution < -0.4 is 14.8 Å². The van der Waals surface area contributed by atoms with Crippen molar-refractivity contribution in [2.24, 2.45) is 7.05 Å². The van der Waals surface area contributed by atoms with E-state index in [4.69, 9.17) is 4.74 Å². The third-order valence-electron chi connectivity index (χ3n) is 5.89. The predicted octanol–water partition coefficient (Wildman–Crippen LogP) is 3.37. The Morgan fingerprint density at radius 3 is 2.58 bits per heavy atom. The monoisotopic (exact) mass is 504 g/mol. The first-order chi connectivity index (χ1) is 17.2. The number of carbonyl (C=O) groups excluding carboxylic acids is 1. The molecule has 0 saturated heterocycles. The summed E-state index contributed by atoms with van der Waals surface area (Å²) in [5, 5.41) is 6.75. The van der Waals surface area contributed by atoms with Gasteiger partial charge in [-0.3, -0.25) is 9.48 Å². The van der Waals surface area contributed by atoms with Crippen molar-refractivity contribution in [1.29, 1.82) is 0 Å². The predicted molar refractivity (Wildman–Crippen MR) is 134 cm³/mol. The van der Waals surface area contributed by atoms with E-state index in [-0.39, 0.29) is 22.6 Å². The number of benzene rings is 2. The van der Waals surface area contributed by atoms with Gasteiger partial charge < -0.3 is 10.1 Å². The zero-order chi connectivity index (χ0) is 25.4. The average molecular weight is 505 g/mol. The minimum absolute atomic E-state index is 0.0192. The van der Waals surface area contributed by atoms with Gasteiger partial charge in [0, 0.05) is 37.0 Å². The van der Waals surface area contributed by atoms with Crippen molar-refractivity contribution in [2.45, 2.75) is 25.2 Å². The third-order valence-corrected chi connectivity index (χ3v) is 7.17. The van der Waals surface area contributed by atoms with Crippen LogP contribution in [0.5, 0.6) is 11.6 Å². The topological polar surface area (TPSA) is 128 Å². The van der Waals surface area contributed by atoms with E-state index in [1.165, 1.54) is 17.1 Å². The Labute approximate surface area is 208 Å². The summed E-state index contributed by atoms with van der Waals surface area (Å²) in [5.41, 5.74) is 4.75. The van der Waals surface area contributed by atoms with E-state index in [1.54, 1.807) is 25.2 Å². The molecule has 2 aromatic carbocycles. The zero-order valence-corrected chi connectivity index (χ0v) is 20.8. The van der Waals surface area contributed by atoms with E-state index in [9.17, 15) is 13.2 Å². The molecule has 1 amide bonds. The lowest BCUT2D eigenvalue weighted by Gasteiger charge is -2.17. The molecule has 3 heterocycles. The molecule has 0 spiro atoms. The van der Waals surface area contributed by atoms with Crippen LogP contribution in [0.25, 0.3) is 11.3 Å². The van der Waals surface area contributed by atoms with Crippen LogP contribution in [0.15, 0.2) is 59.8 Å². The Balaban J connectivity index is 1.57. The van der Waals surface area contributed by atoms with E-state index in [0.29, 0.717) is 23.6 Å². The van der Waals surface area contributed by atoms with Crippen molar-refractivity contribution in [3.63, 3.8) is 0 Å². The number of nitrogens with one attached hydrogen (secondary N) is 2. The van der Waals surface area contributed by atoms with Crippen molar-refractivity contribution < 1.29 is 17.9 Å². The number of anilines is 1. The van der Waals surface area contributed by atoms with Crippen LogP contribution in [0.4, 0.5) is 5.95 Å². The Morgan fingerprint density at radius 1 is 1.08 bits per heavy atom. The number of sulfonamides is 1. The highest BCUT2D eigenvalue weighted by Gasteiger charge is 2.21. The van der Waals surface area contributed by atoms with Crippen molar-refractivity contribution >= 4 is 21.9 Å². The number of carbonyl (C=O) groups is 1. The molecule has 0 saturated carbocycles. The van der Waals surface area contributed by atoms with E-state index < -0.39 is 10.0 Å². The molecule has 0 unspecified atom stereocenters. The highest BCUT2D eigenvalue weighted by Crippen LogP contribution is 2.31. The third kappa shape index (κ3) is 4.65. The summed E-state index contributed by atoms with van der Waals surface area (Å²) in [5.74, 6) is 0.218. The van der Waals surface area contributed by atoms with Crippen LogP contribution in [0, 0.1) is 13.8 Å². The van der Waals surface area contributed by atoms with Crippen LogP contribution in [0.3, 0.4) is 0 Å². The summed E-state index contributed by atoms with van der Waals surface area (Å²) < 4.78 is 35.7. The molecule has 5 rings (SSSR count). The summed E-state index contributed by atoms with van der Waals surface area (Å²) in [6, 6.07) is 12.8. The highest BCUT2D eigenvalue weighted by molar-refractivity contribution is 7.92. The van der Waals surface area contributed by atoms with Crippen molar-refractivity contribution in [1.82, 2.24) is 25.1 Å². The van der Waals surface area contributed by atoms with Gasteiger partial charge >= 0.3 is 0 Å². The first kappa shape index (κ1) is 23.5. The molecule has 1 aliphatic heterocycles. The van der Waals surface area contributed by atoms with Gasteiger partial charge in [-0.25, -0.2) is 18.1 Å². The van der Waals surface area contributed by atoms with Crippen LogP contribution in [-0.2, 0) is 23.5 Å². The molecule has 1 aliphatic rings. The number of fused-ring (bicyclic) bond motifs is 1. The fourth-order valence-corrected chi connectivity index (χ4v) is 5.09. The largest absolute Gasteiger partial charge is 0.439 e. The second-order valence-corrected chi connectivity index (χ2v) is 10.2. The lowest BCUT2D eigenvalue weighted by atomic mass is 10.00. The van der Waals surface area contributed by atoms with Gasteiger partial charge in [0.1, 0.15) is 10.6 Å². The SMILES string of the molecule is Cc1cccc(C)c1-c1cc(Oc2ccc3c(c2)C(=O)NCC3)nc(NS(=O)(=O)c2cnn(C)c2)n1. The van der Waals surface area contributed by atoms with Crippen LogP contribution in [-0.4, -0.2) is 40.6 Å². The number of amides is 1. The maximum Gasteiger partial charge on any atom is 0.267 e. The molecule has 0 bridgehead atoms. The van der Waals surface area contributed by atoms with E-state index >= 15 is 0 Å². The molecule has 184 valence electrons. The molecule has 0 atom stereocenters. The molecule has 10 nitrogen and oxygen atoms in total. The Hall–Kier alpha value is -4.25. The molecule has 2 aromatic heterocycles. The van der Waals surface area contributed by atoms with Gasteiger partial charge in [0.25, 0.3) is 15.9 Å². The Bertz CT molecular complexity index is 1580. The standard InChI is InChI=1S/C25H24N6O4S/c1-15-5-4-6-16(2)23(15)21-12-22(35-18-8-7-17-9-10-26-24(32)20(17)11-18)29-25(28-21)30-36(33,34)19-13-27-31(3)14-19/h4-8,11-14H,9-10H2,1-3H3,(H,26,32)(H,28,29,30). The normalized spacial score (nSPS) is 13.1. The number of rotatable bonds is 6. The van der Waals surface area contributed by atoms with E-state index in [0.717, 1.165) is 28.7 Å². The van der Waals surface area contributed by atoms with Gasteiger partial charge in [-0.2, -0.15) is 10.1 Å². The zero-order valence-electron chi connectivity index (χ0n) is 19.9. The van der Waals surface area contributed by atoms with Gasteiger partial charge in [-0.05, 0) is 49.1 Å². The molecule has 36 heavy (non-hydrogen) atoms. The van der Waals surface area contributed by atoms with Crippen molar-refractivity contribution in [3.05, 3.63) is 77.1 Å². The summed E-state index contributed by atoms with van der Waals surface area (Å²) >= 11 is 0. The fourth-order valence-electron chi connectivity index (χ4n) is 4.16. The number of aryl methyl sites for hydroxylation is 3. The highest BCUT2D eigenvalue weighted by atomic mass is 32.2. The molecular weight excluding hydrogens is 480 g/mol. The molecular formula is C25H24N6O4S. The summed E-state index contributed by atoms with van der Waals surface area (Å²) in [6.07, 6.45) is 3.37. The Kier molecular flexibility index (Phi) is 5.92.